The maximum Gasteiger partial charge on any atom is 0.228 e. The predicted molar refractivity (Wildman–Crippen MR) is 298 cm³/mol. The van der Waals surface area contributed by atoms with Crippen LogP contribution >= 0.6 is 0 Å². The lowest BCUT2D eigenvalue weighted by atomic mass is 9.72. The van der Waals surface area contributed by atoms with Gasteiger partial charge in [-0.1, -0.05) is 68.2 Å². The number of aliphatic hydroxyl groups excluding tert-OH is 1. The third-order valence-electron chi connectivity index (χ3n) is 18.5. The Morgan fingerprint density at radius 2 is 1.33 bits per heavy atom. The smallest absolute Gasteiger partial charge is 0.228 e. The summed E-state index contributed by atoms with van der Waals surface area (Å²) in [6.07, 6.45) is 6.07. The number of ketones is 1. The highest BCUT2D eigenvalue weighted by Gasteiger charge is 2.47. The van der Waals surface area contributed by atoms with Crippen molar-refractivity contribution in [3.63, 3.8) is 0 Å². The minimum atomic E-state index is -0.591. The van der Waals surface area contributed by atoms with Crippen LogP contribution in [0.3, 0.4) is 0 Å². The van der Waals surface area contributed by atoms with Gasteiger partial charge in [-0.3, -0.25) is 29.0 Å². The van der Waals surface area contributed by atoms with E-state index >= 15 is 4.79 Å². The van der Waals surface area contributed by atoms with E-state index < -0.39 is 29.9 Å². The monoisotopic (exact) mass is 1060 g/mol. The molecule has 426 valence electrons. The van der Waals surface area contributed by atoms with Crippen LogP contribution in [0.2, 0.25) is 0 Å². The van der Waals surface area contributed by atoms with Crippen molar-refractivity contribution in [1.82, 2.24) is 24.5 Å². The third-order valence-corrected chi connectivity index (χ3v) is 18.5. The SMILES string of the molecule is CC[C@H]1CN2CCc3cc(OC)c(OC)cc3C2C[C@@H]1C[C@@H]1c2cc(OC)c(OC)cc2CCN1C(=O)[C@H](C)[C@@H](OC)C1CCCN1C(=O)C[C@@H](CO)[C@H]([C@@H](C)CC)N(C)C(=O)[C@@H](CC(=O)[C@H](C(C)C)N(C)C)C(C)C. The van der Waals surface area contributed by atoms with Crippen molar-refractivity contribution in [1.29, 1.82) is 0 Å². The van der Waals surface area contributed by atoms with E-state index in [0.29, 0.717) is 49.3 Å². The van der Waals surface area contributed by atoms with Crippen molar-refractivity contribution in [3.05, 3.63) is 46.5 Å². The van der Waals surface area contributed by atoms with Gasteiger partial charge >= 0.3 is 0 Å². The molecule has 3 amide bonds. The Bertz CT molecular complexity index is 2280. The number of likely N-dealkylation sites (N-methyl/N-ethyl adjacent to an activating group) is 1. The number of Topliss-reactive ketones (excluding diaryl/α,β-unsaturated/α-hetero) is 1. The molecule has 4 aliphatic rings. The fourth-order valence-corrected chi connectivity index (χ4v) is 14.3. The van der Waals surface area contributed by atoms with E-state index in [9.17, 15) is 19.5 Å². The lowest BCUT2D eigenvalue weighted by Crippen LogP contribution is -2.54. The molecule has 1 N–H and O–H groups in total. The average molecular weight is 1060 g/mol. The number of fused-ring (bicyclic) bond motifs is 4. The van der Waals surface area contributed by atoms with Gasteiger partial charge in [-0.05, 0) is 129 Å². The average Bonchev–Trinajstić information content (AvgIpc) is 3.92. The Hall–Kier alpha value is -4.44. The maximum atomic E-state index is 15.5. The molecular formula is C61H97N5O10. The molecule has 0 radical (unpaired) electrons. The standard InChI is InChI=1S/C61H97N5O10/c1-17-38(7)58(63(11)61(71)45(36(3)4)31-51(68)57(37(5)6)62(9)10)44(35-67)30-56(69)65-23-19-20-48(65)59(76-16)39(8)60(70)66-25-22-42-29-53(73-13)55(75-15)33-47(42)50(66)27-43-26-49-46-32-54(74-14)52(72-12)28-41(46)21-24-64(49)34-40(43)18-2/h28-29,32-33,36-40,43-45,48-50,57-59,67H,17-27,30-31,34-35H2,1-16H3/t38-,39+,40-,43+,44-,45-,48?,49?,50+,57-,58-,59+/m0/s1. The molecule has 2 aromatic carbocycles. The van der Waals surface area contributed by atoms with Gasteiger partial charge < -0.3 is 43.5 Å². The first-order valence-corrected chi connectivity index (χ1v) is 28.7. The fourth-order valence-electron chi connectivity index (χ4n) is 14.3. The number of hydrogen-bond acceptors (Lipinski definition) is 12. The molecule has 6 rings (SSSR count). The second-order valence-corrected chi connectivity index (χ2v) is 23.7. The van der Waals surface area contributed by atoms with Crippen LogP contribution in [0.1, 0.15) is 141 Å². The van der Waals surface area contributed by atoms with Crippen LogP contribution in [0.5, 0.6) is 23.0 Å². The molecule has 4 heterocycles. The van der Waals surface area contributed by atoms with Gasteiger partial charge in [-0.25, -0.2) is 0 Å². The number of nitrogens with zero attached hydrogens (tertiary/aromatic N) is 5. The van der Waals surface area contributed by atoms with Crippen LogP contribution in [-0.2, 0) is 36.8 Å². The second-order valence-electron chi connectivity index (χ2n) is 23.7. The maximum absolute atomic E-state index is 15.5. The topological polar surface area (TPSA) is 151 Å². The summed E-state index contributed by atoms with van der Waals surface area (Å²) >= 11 is 0. The number of aliphatic hydroxyl groups is 1. The summed E-state index contributed by atoms with van der Waals surface area (Å²) in [7, 11) is 13.9. The van der Waals surface area contributed by atoms with Crippen LogP contribution in [0, 0.1) is 47.3 Å². The van der Waals surface area contributed by atoms with Gasteiger partial charge in [0.15, 0.2) is 28.8 Å². The highest BCUT2D eigenvalue weighted by Crippen LogP contribution is 2.50. The number of piperidine rings is 1. The van der Waals surface area contributed by atoms with Gasteiger partial charge in [0.25, 0.3) is 0 Å². The minimum Gasteiger partial charge on any atom is -0.493 e. The van der Waals surface area contributed by atoms with E-state index in [4.69, 9.17) is 23.7 Å². The molecule has 0 spiro atoms. The first-order chi connectivity index (χ1) is 36.2. The van der Waals surface area contributed by atoms with Crippen LogP contribution in [0.15, 0.2) is 24.3 Å². The molecule has 0 aliphatic carbocycles. The summed E-state index contributed by atoms with van der Waals surface area (Å²) in [6, 6.07) is 7.34. The molecular weight excluding hydrogens is 963 g/mol. The minimum absolute atomic E-state index is 0.00407. The zero-order chi connectivity index (χ0) is 55.9. The lowest BCUT2D eigenvalue weighted by Gasteiger charge is -2.49. The van der Waals surface area contributed by atoms with Crippen LogP contribution < -0.4 is 18.9 Å². The summed E-state index contributed by atoms with van der Waals surface area (Å²) < 4.78 is 29.6. The van der Waals surface area contributed by atoms with E-state index in [1.165, 1.54) is 11.1 Å². The van der Waals surface area contributed by atoms with E-state index in [0.717, 1.165) is 74.2 Å². The van der Waals surface area contributed by atoms with E-state index in [1.54, 1.807) is 47.5 Å². The van der Waals surface area contributed by atoms with Gasteiger partial charge in [-0.15, -0.1) is 0 Å². The van der Waals surface area contributed by atoms with Gasteiger partial charge in [0.1, 0.15) is 0 Å². The molecule has 2 fully saturated rings. The molecule has 12 atom stereocenters. The van der Waals surface area contributed by atoms with Crippen molar-refractivity contribution in [2.75, 3.05) is 89.5 Å². The van der Waals surface area contributed by atoms with Crippen molar-refractivity contribution < 1.29 is 48.0 Å². The van der Waals surface area contributed by atoms with Gasteiger partial charge in [0.05, 0.1) is 58.6 Å². The molecule has 4 aliphatic heterocycles. The third kappa shape index (κ3) is 12.8. The number of likely N-dealkylation sites (tertiary alicyclic amines) is 1. The summed E-state index contributed by atoms with van der Waals surface area (Å²) in [4.78, 5) is 69.0. The number of carbonyl (C=O) groups is 4. The fraction of sp³-hybridized carbons (Fsp3) is 0.738. The van der Waals surface area contributed by atoms with Crippen molar-refractivity contribution in [2.45, 2.75) is 156 Å². The van der Waals surface area contributed by atoms with E-state index in [1.807, 2.05) is 58.5 Å². The van der Waals surface area contributed by atoms with Crippen molar-refractivity contribution >= 4 is 23.5 Å². The summed E-state index contributed by atoms with van der Waals surface area (Å²) in [5.74, 6) is 1.55. The van der Waals surface area contributed by atoms with Crippen molar-refractivity contribution in [3.8, 4) is 23.0 Å². The quantitative estimate of drug-likeness (QED) is 0.102. The Morgan fingerprint density at radius 1 is 0.737 bits per heavy atom. The first-order valence-electron chi connectivity index (χ1n) is 28.7. The molecule has 15 nitrogen and oxygen atoms in total. The molecule has 2 saturated heterocycles. The Balaban J connectivity index is 1.26. The lowest BCUT2D eigenvalue weighted by molar-refractivity contribution is -0.149. The van der Waals surface area contributed by atoms with E-state index in [-0.39, 0.29) is 84.9 Å². The molecule has 0 saturated carbocycles. The zero-order valence-electron chi connectivity index (χ0n) is 49.4. The number of rotatable bonds is 25. The largest absolute Gasteiger partial charge is 0.493 e. The summed E-state index contributed by atoms with van der Waals surface area (Å²) in [5, 5.41) is 11.2. The Morgan fingerprint density at radius 3 is 1.87 bits per heavy atom. The number of hydrogen-bond donors (Lipinski definition) is 1. The van der Waals surface area contributed by atoms with Crippen molar-refractivity contribution in [2.24, 2.45) is 47.3 Å². The summed E-state index contributed by atoms with van der Waals surface area (Å²) in [5.41, 5.74) is 4.83. The molecule has 2 unspecified atom stereocenters. The molecule has 2 aromatic rings. The number of amides is 3. The van der Waals surface area contributed by atoms with Gasteiger partial charge in [0, 0.05) is 83.7 Å². The molecule has 76 heavy (non-hydrogen) atoms. The molecule has 0 aromatic heterocycles. The van der Waals surface area contributed by atoms with E-state index in [2.05, 4.69) is 54.8 Å². The predicted octanol–water partition coefficient (Wildman–Crippen LogP) is 8.51. The highest BCUT2D eigenvalue weighted by molar-refractivity contribution is 5.90. The number of benzene rings is 2. The molecule has 15 heteroatoms. The Kier molecular flexibility index (Phi) is 21.6. The van der Waals surface area contributed by atoms with Crippen LogP contribution in [0.25, 0.3) is 0 Å². The molecule has 0 bridgehead atoms. The van der Waals surface area contributed by atoms with Crippen LogP contribution in [0.4, 0.5) is 0 Å². The van der Waals surface area contributed by atoms with Gasteiger partial charge in [0.2, 0.25) is 17.7 Å². The number of carbonyl (C=O) groups excluding carboxylic acids is 4. The highest BCUT2D eigenvalue weighted by atomic mass is 16.5. The first kappa shape index (κ1) is 60.8. The van der Waals surface area contributed by atoms with Crippen LogP contribution in [-0.4, -0.2) is 167 Å². The number of ether oxygens (including phenoxy) is 5. The second kappa shape index (κ2) is 26.9. The normalized spacial score (nSPS) is 23.4. The zero-order valence-corrected chi connectivity index (χ0v) is 49.4. The summed E-state index contributed by atoms with van der Waals surface area (Å²) in [6.45, 7) is 19.1. The van der Waals surface area contributed by atoms with Gasteiger partial charge in [-0.2, -0.15) is 0 Å². The Labute approximate surface area is 456 Å². The number of methoxy groups -OCH3 is 5.